The summed E-state index contributed by atoms with van der Waals surface area (Å²) in [4.78, 5) is 14.7. The number of likely N-dealkylation sites (tertiary alicyclic amines) is 1. The first kappa shape index (κ1) is 15.7. The Kier molecular flexibility index (Phi) is 3.91. The summed E-state index contributed by atoms with van der Waals surface area (Å²) in [6, 6.07) is 7.68. The quantitative estimate of drug-likeness (QED) is 0.795. The van der Waals surface area contributed by atoms with Gasteiger partial charge < -0.3 is 9.32 Å². The molecule has 0 spiro atoms. The average molecular weight is 339 g/mol. The second-order valence-electron chi connectivity index (χ2n) is 6.56. The second-order valence-corrected chi connectivity index (χ2v) is 6.56. The van der Waals surface area contributed by atoms with Gasteiger partial charge in [-0.15, -0.1) is 0 Å². The van der Waals surface area contributed by atoms with Gasteiger partial charge >= 0.3 is 0 Å². The van der Waals surface area contributed by atoms with Crippen LogP contribution in [-0.4, -0.2) is 43.9 Å². The van der Waals surface area contributed by atoms with Gasteiger partial charge in [-0.05, 0) is 44.9 Å². The first-order chi connectivity index (χ1) is 12.1. The number of amides is 1. The Morgan fingerprint density at radius 1 is 1.36 bits per heavy atom. The predicted molar refractivity (Wildman–Crippen MR) is 92.2 cm³/mol. The lowest BCUT2D eigenvalue weighted by atomic mass is 10.1. The number of aryl methyl sites for hydroxylation is 2. The van der Waals surface area contributed by atoms with Crippen LogP contribution in [-0.2, 0) is 0 Å². The van der Waals surface area contributed by atoms with Crippen molar-refractivity contribution in [3.05, 3.63) is 47.6 Å². The maximum absolute atomic E-state index is 12.8. The molecule has 4 heterocycles. The van der Waals surface area contributed by atoms with Gasteiger partial charge in [0.1, 0.15) is 5.69 Å². The van der Waals surface area contributed by atoms with Crippen LogP contribution in [0.15, 0.2) is 34.9 Å². The molecule has 0 bridgehead atoms. The summed E-state index contributed by atoms with van der Waals surface area (Å²) >= 11 is 0. The number of aromatic amines is 1. The van der Waals surface area contributed by atoms with Gasteiger partial charge in [0.05, 0.1) is 18.0 Å². The van der Waals surface area contributed by atoms with Crippen molar-refractivity contribution < 1.29 is 9.21 Å². The zero-order valence-electron chi connectivity index (χ0n) is 14.4. The largest absolute Gasteiger partial charge is 0.463 e. The highest BCUT2D eigenvalue weighted by Crippen LogP contribution is 2.25. The SMILES string of the molecule is Cc1cc(C)n(C2CCCN(C(=O)c3cc(-c4ccco4)[nH]n3)C2)n1. The third-order valence-electron chi connectivity index (χ3n) is 4.66. The molecular formula is C18H21N5O2. The summed E-state index contributed by atoms with van der Waals surface area (Å²) in [7, 11) is 0. The number of carbonyl (C=O) groups excluding carboxylic acids is 1. The van der Waals surface area contributed by atoms with E-state index in [1.54, 1.807) is 18.4 Å². The monoisotopic (exact) mass is 339 g/mol. The molecule has 1 fully saturated rings. The molecule has 0 radical (unpaired) electrons. The Balaban J connectivity index is 1.51. The number of rotatable bonds is 3. The molecule has 7 heteroatoms. The lowest BCUT2D eigenvalue weighted by Gasteiger charge is -2.33. The smallest absolute Gasteiger partial charge is 0.274 e. The number of aromatic nitrogens is 4. The van der Waals surface area contributed by atoms with Crippen LogP contribution in [0.5, 0.6) is 0 Å². The molecule has 1 saturated heterocycles. The van der Waals surface area contributed by atoms with Gasteiger partial charge in [0.2, 0.25) is 0 Å². The Morgan fingerprint density at radius 3 is 2.96 bits per heavy atom. The van der Waals surface area contributed by atoms with Crippen LogP contribution >= 0.6 is 0 Å². The highest BCUT2D eigenvalue weighted by molar-refractivity contribution is 5.93. The Hall–Kier alpha value is -2.83. The number of furan rings is 1. The third kappa shape index (κ3) is 2.97. The summed E-state index contributed by atoms with van der Waals surface area (Å²) in [5.41, 5.74) is 3.27. The molecule has 25 heavy (non-hydrogen) atoms. The van der Waals surface area contributed by atoms with E-state index in [1.165, 1.54) is 0 Å². The van der Waals surface area contributed by atoms with Crippen molar-refractivity contribution >= 4 is 5.91 Å². The van der Waals surface area contributed by atoms with Gasteiger partial charge in [0.15, 0.2) is 11.5 Å². The third-order valence-corrected chi connectivity index (χ3v) is 4.66. The van der Waals surface area contributed by atoms with Gasteiger partial charge in [-0.1, -0.05) is 0 Å². The average Bonchev–Trinajstić information content (AvgIpc) is 3.34. The maximum Gasteiger partial charge on any atom is 0.274 e. The molecule has 1 unspecified atom stereocenters. The van der Waals surface area contributed by atoms with E-state index < -0.39 is 0 Å². The van der Waals surface area contributed by atoms with E-state index in [-0.39, 0.29) is 11.9 Å². The molecule has 1 N–H and O–H groups in total. The molecular weight excluding hydrogens is 318 g/mol. The zero-order chi connectivity index (χ0) is 17.4. The van der Waals surface area contributed by atoms with Crippen molar-refractivity contribution in [2.75, 3.05) is 13.1 Å². The van der Waals surface area contributed by atoms with Crippen LogP contribution in [0, 0.1) is 13.8 Å². The number of nitrogens with one attached hydrogen (secondary N) is 1. The summed E-state index contributed by atoms with van der Waals surface area (Å²) in [5.74, 6) is 0.617. The molecule has 130 valence electrons. The van der Waals surface area contributed by atoms with E-state index in [9.17, 15) is 4.79 Å². The van der Waals surface area contributed by atoms with Crippen LogP contribution in [0.1, 0.15) is 40.8 Å². The first-order valence-electron chi connectivity index (χ1n) is 8.53. The van der Waals surface area contributed by atoms with Crippen LogP contribution in [0.4, 0.5) is 0 Å². The molecule has 1 atom stereocenters. The second kappa shape index (κ2) is 6.23. The molecule has 3 aromatic heterocycles. The van der Waals surface area contributed by atoms with Gasteiger partial charge in [-0.2, -0.15) is 10.2 Å². The number of hydrogen-bond acceptors (Lipinski definition) is 4. The zero-order valence-corrected chi connectivity index (χ0v) is 14.4. The van der Waals surface area contributed by atoms with Crippen molar-refractivity contribution in [1.82, 2.24) is 24.9 Å². The fourth-order valence-corrected chi connectivity index (χ4v) is 3.51. The Morgan fingerprint density at radius 2 is 2.24 bits per heavy atom. The van der Waals surface area contributed by atoms with Crippen molar-refractivity contribution in [1.29, 1.82) is 0 Å². The fourth-order valence-electron chi connectivity index (χ4n) is 3.51. The van der Waals surface area contributed by atoms with E-state index in [0.29, 0.717) is 23.7 Å². The minimum atomic E-state index is -0.0553. The number of carbonyl (C=O) groups is 1. The van der Waals surface area contributed by atoms with Crippen LogP contribution < -0.4 is 0 Å². The van der Waals surface area contributed by atoms with E-state index in [4.69, 9.17) is 4.42 Å². The molecule has 0 aromatic carbocycles. The number of piperidine rings is 1. The molecule has 1 amide bonds. The normalized spacial score (nSPS) is 17.8. The minimum Gasteiger partial charge on any atom is -0.463 e. The summed E-state index contributed by atoms with van der Waals surface area (Å²) < 4.78 is 7.39. The van der Waals surface area contributed by atoms with Gasteiger partial charge in [-0.3, -0.25) is 14.6 Å². The Bertz CT molecular complexity index is 877. The van der Waals surface area contributed by atoms with E-state index >= 15 is 0 Å². The van der Waals surface area contributed by atoms with Crippen LogP contribution in [0.3, 0.4) is 0 Å². The molecule has 7 nitrogen and oxygen atoms in total. The van der Waals surface area contributed by atoms with Crippen molar-refractivity contribution in [3.8, 4) is 11.5 Å². The number of nitrogens with zero attached hydrogens (tertiary/aromatic N) is 4. The van der Waals surface area contributed by atoms with Crippen LogP contribution in [0.25, 0.3) is 11.5 Å². The molecule has 3 aromatic rings. The van der Waals surface area contributed by atoms with Gasteiger partial charge in [0.25, 0.3) is 5.91 Å². The molecule has 0 saturated carbocycles. The lowest BCUT2D eigenvalue weighted by molar-refractivity contribution is 0.0665. The lowest BCUT2D eigenvalue weighted by Crippen LogP contribution is -2.41. The standard InChI is InChI=1S/C18H21N5O2/c1-12-9-13(2)23(21-12)14-5-3-7-22(11-14)18(24)16-10-15(19-20-16)17-6-4-8-25-17/h4,6,8-10,14H,3,5,7,11H2,1-2H3,(H,19,20). The molecule has 4 rings (SSSR count). The highest BCUT2D eigenvalue weighted by atomic mass is 16.3. The van der Waals surface area contributed by atoms with E-state index in [2.05, 4.69) is 28.3 Å². The van der Waals surface area contributed by atoms with E-state index in [1.807, 2.05) is 22.6 Å². The summed E-state index contributed by atoms with van der Waals surface area (Å²) in [5, 5.41) is 11.6. The van der Waals surface area contributed by atoms with Crippen molar-refractivity contribution in [2.24, 2.45) is 0 Å². The number of hydrogen-bond donors (Lipinski definition) is 1. The van der Waals surface area contributed by atoms with Crippen molar-refractivity contribution in [2.45, 2.75) is 32.7 Å². The molecule has 1 aliphatic rings. The van der Waals surface area contributed by atoms with Gasteiger partial charge in [-0.25, -0.2) is 0 Å². The maximum atomic E-state index is 12.8. The minimum absolute atomic E-state index is 0.0553. The topological polar surface area (TPSA) is 80.0 Å². The van der Waals surface area contributed by atoms with E-state index in [0.717, 1.165) is 30.8 Å². The molecule has 0 aliphatic carbocycles. The Labute approximate surface area is 145 Å². The first-order valence-corrected chi connectivity index (χ1v) is 8.53. The number of H-pyrrole nitrogens is 1. The summed E-state index contributed by atoms with van der Waals surface area (Å²) in [6.07, 6.45) is 3.59. The van der Waals surface area contributed by atoms with Crippen molar-refractivity contribution in [3.63, 3.8) is 0 Å². The van der Waals surface area contributed by atoms with Crippen LogP contribution in [0.2, 0.25) is 0 Å². The molecule has 1 aliphatic heterocycles. The fraction of sp³-hybridized carbons (Fsp3) is 0.389. The summed E-state index contributed by atoms with van der Waals surface area (Å²) in [6.45, 7) is 5.46. The predicted octanol–water partition coefficient (Wildman–Crippen LogP) is 2.96. The van der Waals surface area contributed by atoms with Gasteiger partial charge in [0, 0.05) is 24.8 Å². The highest BCUT2D eigenvalue weighted by Gasteiger charge is 2.28.